The van der Waals surface area contributed by atoms with Gasteiger partial charge in [0.25, 0.3) is 5.91 Å². The third-order valence-corrected chi connectivity index (χ3v) is 6.95. The Hall–Kier alpha value is -2.64. The van der Waals surface area contributed by atoms with Gasteiger partial charge in [-0.1, -0.05) is 44.5 Å². The summed E-state index contributed by atoms with van der Waals surface area (Å²) in [6.45, 7) is 6.47. The van der Waals surface area contributed by atoms with Crippen LogP contribution in [0.3, 0.4) is 0 Å². The van der Waals surface area contributed by atoms with Crippen molar-refractivity contribution in [2.75, 3.05) is 13.7 Å². The summed E-state index contributed by atoms with van der Waals surface area (Å²) in [5.74, 6) is 0.0319. The first kappa shape index (κ1) is 24.5. The van der Waals surface area contributed by atoms with Crippen molar-refractivity contribution in [2.45, 2.75) is 51.7 Å². The van der Waals surface area contributed by atoms with Gasteiger partial charge >= 0.3 is 0 Å². The number of nitrogens with two attached hydrogens (primary N) is 1. The molecule has 3 unspecified atom stereocenters. The van der Waals surface area contributed by atoms with E-state index in [1.807, 2.05) is 18.2 Å². The number of likely N-dealkylation sites (N-methyl/N-ethyl adjacent to an activating group) is 1. The average molecular weight is 488 g/mol. The van der Waals surface area contributed by atoms with E-state index in [-0.39, 0.29) is 40.9 Å². The van der Waals surface area contributed by atoms with E-state index in [4.69, 9.17) is 22.1 Å². The molecule has 0 aromatic heterocycles. The molecule has 2 aliphatic heterocycles. The quantitative estimate of drug-likeness (QED) is 0.639. The lowest BCUT2D eigenvalue weighted by Crippen LogP contribution is -2.48. The number of guanidine groups is 1. The normalized spacial score (nSPS) is 23.0. The smallest absolute Gasteiger partial charge is 0.261 e. The number of benzene rings is 2. The lowest BCUT2D eigenvalue weighted by atomic mass is 9.73. The van der Waals surface area contributed by atoms with Gasteiger partial charge in [-0.25, -0.2) is 9.38 Å². The van der Waals surface area contributed by atoms with Gasteiger partial charge in [0.2, 0.25) is 0 Å². The molecule has 4 rings (SSSR count). The monoisotopic (exact) mass is 487 g/mol. The summed E-state index contributed by atoms with van der Waals surface area (Å²) in [6, 6.07) is 10.0. The summed E-state index contributed by atoms with van der Waals surface area (Å²) in [5, 5.41) is 9.76. The van der Waals surface area contributed by atoms with Crippen molar-refractivity contribution in [3.8, 4) is 16.9 Å². The maximum Gasteiger partial charge on any atom is 0.261 e. The Morgan fingerprint density at radius 3 is 2.56 bits per heavy atom. The van der Waals surface area contributed by atoms with Gasteiger partial charge in [-0.2, -0.15) is 0 Å². The van der Waals surface area contributed by atoms with Gasteiger partial charge in [-0.05, 0) is 59.6 Å². The standard InChI is InChI=1S/C26H31ClFN3O3/c1-25(2,3)13-17(9-10-32)22-14-26(23(33)31(4)24(29)30-26)18-11-15(6-8-21(18)34-22)16-5-7-20(28)19(27)12-16/h5-8,11-12,17,22,32H,9-10,13-14H2,1-4H3,(H2,29,30). The van der Waals surface area contributed by atoms with Crippen molar-refractivity contribution < 1.29 is 19.0 Å². The number of carbonyl (C=O) groups is 1. The van der Waals surface area contributed by atoms with Crippen LogP contribution in [-0.2, 0) is 10.3 Å². The number of aliphatic hydroxyl groups is 1. The molecular weight excluding hydrogens is 457 g/mol. The third-order valence-electron chi connectivity index (χ3n) is 6.66. The maximum absolute atomic E-state index is 13.7. The molecule has 2 aromatic carbocycles. The minimum Gasteiger partial charge on any atom is -0.490 e. The minimum absolute atomic E-state index is 0.0150. The van der Waals surface area contributed by atoms with Crippen LogP contribution < -0.4 is 10.5 Å². The Kier molecular flexibility index (Phi) is 6.38. The number of amides is 1. The van der Waals surface area contributed by atoms with Crippen molar-refractivity contribution in [3.05, 3.63) is 52.8 Å². The molecule has 0 saturated carbocycles. The van der Waals surface area contributed by atoms with Gasteiger partial charge in [0.1, 0.15) is 17.7 Å². The number of halogens is 2. The fraction of sp³-hybridized carbons (Fsp3) is 0.462. The van der Waals surface area contributed by atoms with E-state index in [1.165, 1.54) is 11.0 Å². The highest BCUT2D eigenvalue weighted by molar-refractivity contribution is 6.31. The zero-order chi connectivity index (χ0) is 24.8. The van der Waals surface area contributed by atoms with Crippen LogP contribution in [0.2, 0.25) is 5.02 Å². The Labute approximate surface area is 204 Å². The summed E-state index contributed by atoms with van der Waals surface area (Å²) in [6.07, 6.45) is 1.37. The molecule has 0 aliphatic carbocycles. The Morgan fingerprint density at radius 1 is 1.29 bits per heavy atom. The third kappa shape index (κ3) is 4.39. The fourth-order valence-electron chi connectivity index (χ4n) is 5.06. The Morgan fingerprint density at radius 2 is 1.97 bits per heavy atom. The van der Waals surface area contributed by atoms with E-state index in [9.17, 15) is 14.3 Å². The first-order valence-corrected chi connectivity index (χ1v) is 11.8. The largest absolute Gasteiger partial charge is 0.490 e. The van der Waals surface area contributed by atoms with Crippen LogP contribution in [0.5, 0.6) is 5.75 Å². The topological polar surface area (TPSA) is 88.2 Å². The molecule has 2 aliphatic rings. The molecule has 182 valence electrons. The van der Waals surface area contributed by atoms with Crippen LogP contribution in [-0.4, -0.2) is 41.6 Å². The van der Waals surface area contributed by atoms with Crippen LogP contribution >= 0.6 is 11.6 Å². The predicted molar refractivity (Wildman–Crippen MR) is 131 cm³/mol. The molecule has 0 saturated heterocycles. The summed E-state index contributed by atoms with van der Waals surface area (Å²) in [5.41, 5.74) is 7.01. The Bertz CT molecular complexity index is 1150. The highest BCUT2D eigenvalue weighted by Gasteiger charge is 2.54. The van der Waals surface area contributed by atoms with Gasteiger partial charge in [-0.15, -0.1) is 0 Å². The van der Waals surface area contributed by atoms with Crippen LogP contribution in [0.1, 0.15) is 45.6 Å². The first-order chi connectivity index (χ1) is 15.9. The van der Waals surface area contributed by atoms with E-state index in [2.05, 4.69) is 25.8 Å². The lowest BCUT2D eigenvalue weighted by Gasteiger charge is -2.41. The number of rotatable bonds is 5. The SMILES string of the molecule is CN1C(=O)C2(CC(C(CCO)CC(C)(C)C)Oc3ccc(-c4ccc(F)c(Cl)c4)cc32)N=C1N. The van der Waals surface area contributed by atoms with E-state index in [1.54, 1.807) is 19.2 Å². The molecule has 1 amide bonds. The summed E-state index contributed by atoms with van der Waals surface area (Å²) < 4.78 is 20.2. The van der Waals surface area contributed by atoms with Crippen LogP contribution in [0, 0.1) is 17.2 Å². The molecule has 0 radical (unpaired) electrons. The van der Waals surface area contributed by atoms with Crippen molar-refractivity contribution >= 4 is 23.5 Å². The number of aliphatic hydroxyl groups excluding tert-OH is 1. The van der Waals surface area contributed by atoms with Crippen molar-refractivity contribution in [3.63, 3.8) is 0 Å². The van der Waals surface area contributed by atoms with Gasteiger partial charge in [-0.3, -0.25) is 9.69 Å². The Balaban J connectivity index is 1.83. The molecule has 1 spiro atoms. The van der Waals surface area contributed by atoms with Crippen LogP contribution in [0.4, 0.5) is 4.39 Å². The van der Waals surface area contributed by atoms with E-state index < -0.39 is 11.4 Å². The van der Waals surface area contributed by atoms with Crippen molar-refractivity contribution in [1.29, 1.82) is 0 Å². The molecule has 2 aromatic rings. The number of nitrogens with zero attached hydrogens (tertiary/aromatic N) is 2. The summed E-state index contributed by atoms with van der Waals surface area (Å²) in [7, 11) is 1.62. The minimum atomic E-state index is -1.22. The second-order valence-corrected chi connectivity index (χ2v) is 10.8. The van der Waals surface area contributed by atoms with Gasteiger partial charge in [0, 0.05) is 25.6 Å². The van der Waals surface area contributed by atoms with E-state index in [0.29, 0.717) is 29.7 Å². The van der Waals surface area contributed by atoms with Gasteiger partial charge in [0.15, 0.2) is 11.5 Å². The highest BCUT2D eigenvalue weighted by Crippen LogP contribution is 2.49. The number of fused-ring (bicyclic) bond motifs is 2. The number of hydrogen-bond donors (Lipinski definition) is 2. The molecule has 3 N–H and O–H groups in total. The molecule has 0 bridgehead atoms. The molecule has 6 nitrogen and oxygen atoms in total. The molecular formula is C26H31ClFN3O3. The van der Waals surface area contributed by atoms with Gasteiger partial charge in [0.05, 0.1) is 5.02 Å². The van der Waals surface area contributed by atoms with Crippen molar-refractivity contribution in [1.82, 2.24) is 4.90 Å². The van der Waals surface area contributed by atoms with Crippen molar-refractivity contribution in [2.24, 2.45) is 22.1 Å². The van der Waals surface area contributed by atoms with E-state index in [0.717, 1.165) is 12.0 Å². The molecule has 34 heavy (non-hydrogen) atoms. The summed E-state index contributed by atoms with van der Waals surface area (Å²) >= 11 is 6.01. The molecule has 3 atom stereocenters. The zero-order valence-corrected chi connectivity index (χ0v) is 20.7. The zero-order valence-electron chi connectivity index (χ0n) is 19.9. The fourth-order valence-corrected chi connectivity index (χ4v) is 5.24. The molecule has 8 heteroatoms. The number of aliphatic imine (C=N–C) groups is 1. The van der Waals surface area contributed by atoms with E-state index >= 15 is 0 Å². The van der Waals surface area contributed by atoms with Crippen LogP contribution in [0.25, 0.3) is 11.1 Å². The number of ether oxygens (including phenoxy) is 1. The average Bonchev–Trinajstić information content (AvgIpc) is 2.98. The van der Waals surface area contributed by atoms with Crippen LogP contribution in [0.15, 0.2) is 41.4 Å². The lowest BCUT2D eigenvalue weighted by molar-refractivity contribution is -0.133. The first-order valence-electron chi connectivity index (χ1n) is 11.5. The van der Waals surface area contributed by atoms with Gasteiger partial charge < -0.3 is 15.6 Å². The number of carbonyl (C=O) groups excluding carboxylic acids is 1. The predicted octanol–water partition coefficient (Wildman–Crippen LogP) is 4.71. The second-order valence-electron chi connectivity index (χ2n) is 10.4. The second kappa shape index (κ2) is 8.86. The number of hydrogen-bond acceptors (Lipinski definition) is 5. The molecule has 0 fully saturated rings. The highest BCUT2D eigenvalue weighted by atomic mass is 35.5. The summed E-state index contributed by atoms with van der Waals surface area (Å²) in [4.78, 5) is 19.6. The maximum atomic E-state index is 13.7. The molecule has 2 heterocycles.